The van der Waals surface area contributed by atoms with E-state index in [2.05, 4.69) is 40.2 Å². The molecule has 5 nitrogen and oxygen atoms in total. The molecule has 0 saturated heterocycles. The number of rotatable bonds is 4. The number of thiophene rings is 1. The zero-order valence-electron chi connectivity index (χ0n) is 11.3. The number of thiazole rings is 1. The number of nitrogens with zero attached hydrogens (tertiary/aromatic N) is 3. The highest BCUT2D eigenvalue weighted by Gasteiger charge is 2.10. The molecule has 3 heterocycles. The first-order chi connectivity index (χ1) is 9.65. The Labute approximate surface area is 124 Å². The van der Waals surface area contributed by atoms with Gasteiger partial charge in [0.1, 0.15) is 15.7 Å². The van der Waals surface area contributed by atoms with Crippen molar-refractivity contribution in [2.75, 3.05) is 11.1 Å². The molecule has 0 aromatic carbocycles. The van der Waals surface area contributed by atoms with E-state index in [9.17, 15) is 0 Å². The maximum atomic E-state index is 5.76. The molecule has 0 amide bonds. The topological polar surface area (TPSA) is 76.7 Å². The molecule has 0 bridgehead atoms. The van der Waals surface area contributed by atoms with E-state index >= 15 is 0 Å². The van der Waals surface area contributed by atoms with E-state index in [1.54, 1.807) is 22.7 Å². The predicted octanol–water partition coefficient (Wildman–Crippen LogP) is 3.21. The van der Waals surface area contributed by atoms with E-state index in [1.165, 1.54) is 9.75 Å². The summed E-state index contributed by atoms with van der Waals surface area (Å²) in [6.45, 7) is 4.85. The first-order valence-corrected chi connectivity index (χ1v) is 8.00. The third-order valence-corrected chi connectivity index (χ3v) is 4.98. The largest absolute Gasteiger partial charge is 0.368 e. The fourth-order valence-electron chi connectivity index (χ4n) is 1.95. The Morgan fingerprint density at radius 2 is 2.15 bits per heavy atom. The van der Waals surface area contributed by atoms with E-state index in [1.807, 2.05) is 6.20 Å². The molecule has 0 saturated carbocycles. The van der Waals surface area contributed by atoms with E-state index in [-0.39, 0.29) is 0 Å². The molecule has 0 radical (unpaired) electrons. The number of aromatic nitrogens is 3. The molecular formula is C13H15N5S2. The smallest absolute Gasteiger partial charge is 0.223 e. The summed E-state index contributed by atoms with van der Waals surface area (Å²) in [6, 6.07) is 2.08. The first-order valence-electron chi connectivity index (χ1n) is 6.37. The van der Waals surface area contributed by atoms with Crippen LogP contribution in [0.3, 0.4) is 0 Å². The molecule has 0 fully saturated rings. The van der Waals surface area contributed by atoms with Gasteiger partial charge < -0.3 is 11.1 Å². The third-order valence-electron chi connectivity index (χ3n) is 2.89. The van der Waals surface area contributed by atoms with Crippen molar-refractivity contribution in [1.29, 1.82) is 0 Å². The van der Waals surface area contributed by atoms with Crippen molar-refractivity contribution in [3.05, 3.63) is 27.0 Å². The van der Waals surface area contributed by atoms with E-state index in [4.69, 9.17) is 5.73 Å². The van der Waals surface area contributed by atoms with Crippen LogP contribution in [-0.4, -0.2) is 15.0 Å². The molecule has 7 heteroatoms. The lowest BCUT2D eigenvalue weighted by molar-refractivity contribution is 1.07. The molecule has 0 spiro atoms. The Balaban J connectivity index is 1.86. The van der Waals surface area contributed by atoms with Gasteiger partial charge in [0.05, 0.1) is 11.9 Å². The van der Waals surface area contributed by atoms with Crippen LogP contribution in [0.2, 0.25) is 0 Å². The van der Waals surface area contributed by atoms with Crippen molar-refractivity contribution >= 4 is 44.7 Å². The summed E-state index contributed by atoms with van der Waals surface area (Å²) in [5.74, 6) is 1.08. The average molecular weight is 305 g/mol. The van der Waals surface area contributed by atoms with Gasteiger partial charge in [0.25, 0.3) is 0 Å². The van der Waals surface area contributed by atoms with Gasteiger partial charge >= 0.3 is 0 Å². The fourth-order valence-corrected chi connectivity index (χ4v) is 3.63. The Morgan fingerprint density at radius 3 is 2.90 bits per heavy atom. The van der Waals surface area contributed by atoms with Crippen LogP contribution in [0.1, 0.15) is 21.7 Å². The van der Waals surface area contributed by atoms with Crippen molar-refractivity contribution in [2.45, 2.75) is 26.8 Å². The van der Waals surface area contributed by atoms with Crippen LogP contribution in [0, 0.1) is 6.92 Å². The van der Waals surface area contributed by atoms with Gasteiger partial charge in [-0.2, -0.15) is 4.98 Å². The number of hydrogen-bond acceptors (Lipinski definition) is 7. The first kappa shape index (κ1) is 13.3. The van der Waals surface area contributed by atoms with Crippen LogP contribution >= 0.6 is 22.7 Å². The quantitative estimate of drug-likeness (QED) is 0.774. The summed E-state index contributed by atoms with van der Waals surface area (Å²) in [5.41, 5.74) is 5.76. The third kappa shape index (κ3) is 2.59. The van der Waals surface area contributed by atoms with E-state index in [0.717, 1.165) is 27.5 Å². The molecule has 3 rings (SSSR count). The number of nitrogens with one attached hydrogen (secondary N) is 1. The molecule has 3 aromatic rings. The van der Waals surface area contributed by atoms with Gasteiger partial charge in [-0.25, -0.2) is 9.97 Å². The summed E-state index contributed by atoms with van der Waals surface area (Å²) in [4.78, 5) is 16.4. The summed E-state index contributed by atoms with van der Waals surface area (Å²) in [7, 11) is 0. The standard InChI is InChI=1S/C13H15N5S2/c1-3-8-5-15-10(20-8)6-16-11-9-4-7(2)19-12(9)18-13(14)17-11/h4-5H,3,6H2,1-2H3,(H3,14,16,17,18). The molecule has 3 aromatic heterocycles. The van der Waals surface area contributed by atoms with Crippen molar-refractivity contribution in [2.24, 2.45) is 0 Å². The normalized spacial score (nSPS) is 11.1. The second-order valence-corrected chi connectivity index (χ2v) is 6.87. The highest BCUT2D eigenvalue weighted by atomic mass is 32.1. The molecule has 0 aliphatic carbocycles. The lowest BCUT2D eigenvalue weighted by atomic mass is 10.3. The van der Waals surface area contributed by atoms with Gasteiger partial charge in [0, 0.05) is 16.0 Å². The lowest BCUT2D eigenvalue weighted by Gasteiger charge is -2.05. The number of aryl methyl sites for hydroxylation is 2. The average Bonchev–Trinajstić information content (AvgIpc) is 3.01. The van der Waals surface area contributed by atoms with E-state index < -0.39 is 0 Å². The fraction of sp³-hybridized carbons (Fsp3) is 0.308. The maximum Gasteiger partial charge on any atom is 0.223 e. The molecule has 3 N–H and O–H groups in total. The maximum absolute atomic E-state index is 5.76. The van der Waals surface area contributed by atoms with Crippen LogP contribution in [0.25, 0.3) is 10.2 Å². The van der Waals surface area contributed by atoms with Crippen LogP contribution < -0.4 is 11.1 Å². The molecule has 0 aliphatic rings. The minimum absolute atomic E-state index is 0.301. The minimum Gasteiger partial charge on any atom is -0.368 e. The number of fused-ring (bicyclic) bond motifs is 1. The summed E-state index contributed by atoms with van der Waals surface area (Å²) < 4.78 is 0. The molecule has 0 aliphatic heterocycles. The molecule has 104 valence electrons. The van der Waals surface area contributed by atoms with Gasteiger partial charge in [-0.3, -0.25) is 0 Å². The molecule has 0 unspecified atom stereocenters. The Morgan fingerprint density at radius 1 is 1.30 bits per heavy atom. The number of nitrogen functional groups attached to an aromatic ring is 1. The van der Waals surface area contributed by atoms with E-state index in [0.29, 0.717) is 12.5 Å². The molecule has 20 heavy (non-hydrogen) atoms. The molecular weight excluding hydrogens is 290 g/mol. The van der Waals surface area contributed by atoms with Gasteiger partial charge in [0.15, 0.2) is 0 Å². The minimum atomic E-state index is 0.301. The van der Waals surface area contributed by atoms with Crippen molar-refractivity contribution < 1.29 is 0 Å². The van der Waals surface area contributed by atoms with Crippen LogP contribution in [-0.2, 0) is 13.0 Å². The highest BCUT2D eigenvalue weighted by Crippen LogP contribution is 2.29. The van der Waals surface area contributed by atoms with Crippen LogP contribution in [0.4, 0.5) is 11.8 Å². The van der Waals surface area contributed by atoms with Crippen LogP contribution in [0.5, 0.6) is 0 Å². The van der Waals surface area contributed by atoms with Crippen molar-refractivity contribution in [3.8, 4) is 0 Å². The second-order valence-electron chi connectivity index (χ2n) is 4.43. The Kier molecular flexibility index (Phi) is 3.54. The van der Waals surface area contributed by atoms with Gasteiger partial charge in [-0.15, -0.1) is 22.7 Å². The second kappa shape index (κ2) is 5.34. The van der Waals surface area contributed by atoms with Gasteiger partial charge in [0.2, 0.25) is 5.95 Å². The summed E-state index contributed by atoms with van der Waals surface area (Å²) in [6.07, 6.45) is 2.95. The predicted molar refractivity (Wildman–Crippen MR) is 85.4 cm³/mol. The van der Waals surface area contributed by atoms with Crippen LogP contribution in [0.15, 0.2) is 12.3 Å². The highest BCUT2D eigenvalue weighted by molar-refractivity contribution is 7.18. The zero-order chi connectivity index (χ0) is 14.1. The SMILES string of the molecule is CCc1cnc(CNc2nc(N)nc3sc(C)cc23)s1. The number of nitrogens with two attached hydrogens (primary N) is 1. The van der Waals surface area contributed by atoms with Gasteiger partial charge in [-0.1, -0.05) is 6.92 Å². The Hall–Kier alpha value is -1.73. The summed E-state index contributed by atoms with van der Waals surface area (Å²) >= 11 is 3.35. The number of hydrogen-bond donors (Lipinski definition) is 2. The Bertz CT molecular complexity index is 746. The van der Waals surface area contributed by atoms with Crippen molar-refractivity contribution in [3.63, 3.8) is 0 Å². The number of anilines is 2. The zero-order valence-corrected chi connectivity index (χ0v) is 12.9. The van der Waals surface area contributed by atoms with Gasteiger partial charge in [-0.05, 0) is 19.4 Å². The lowest BCUT2D eigenvalue weighted by Crippen LogP contribution is -2.04. The molecule has 0 atom stereocenters. The van der Waals surface area contributed by atoms with Crippen molar-refractivity contribution in [1.82, 2.24) is 15.0 Å². The monoisotopic (exact) mass is 305 g/mol. The summed E-state index contributed by atoms with van der Waals surface area (Å²) in [5, 5.41) is 5.40.